The number of hydrogen-bond acceptors (Lipinski definition) is 0. The Bertz CT molecular complexity index is 342. The number of allylic oxidation sites excluding steroid dienone is 1. The lowest BCUT2D eigenvalue weighted by molar-refractivity contribution is 0.994. The maximum Gasteiger partial charge on any atom is 0.114 e. The van der Waals surface area contributed by atoms with Crippen LogP contribution in [0.3, 0.4) is 0 Å². The van der Waals surface area contributed by atoms with Crippen LogP contribution < -0.4 is 5.46 Å². The fourth-order valence-electron chi connectivity index (χ4n) is 1.54. The van der Waals surface area contributed by atoms with Crippen molar-refractivity contribution in [3.05, 3.63) is 34.4 Å². The van der Waals surface area contributed by atoms with Crippen LogP contribution >= 0.6 is 11.6 Å². The van der Waals surface area contributed by atoms with Crippen molar-refractivity contribution in [2.24, 2.45) is 0 Å². The van der Waals surface area contributed by atoms with Gasteiger partial charge in [0.2, 0.25) is 0 Å². The van der Waals surface area contributed by atoms with E-state index in [1.54, 1.807) is 0 Å². The van der Waals surface area contributed by atoms with Crippen LogP contribution in [0.25, 0.3) is 6.08 Å². The van der Waals surface area contributed by atoms with Gasteiger partial charge in [0.15, 0.2) is 0 Å². The van der Waals surface area contributed by atoms with Crippen LogP contribution in [0.1, 0.15) is 17.5 Å². The van der Waals surface area contributed by atoms with Crippen LogP contribution in [0.4, 0.5) is 0 Å². The molecule has 0 unspecified atom stereocenters. The number of rotatable bonds is 0. The quantitative estimate of drug-likeness (QED) is 0.529. The zero-order chi connectivity index (χ0) is 8.55. The molecule has 0 saturated heterocycles. The molecule has 0 saturated carbocycles. The van der Waals surface area contributed by atoms with Gasteiger partial charge < -0.3 is 0 Å². The third kappa shape index (κ3) is 1.18. The summed E-state index contributed by atoms with van der Waals surface area (Å²) in [5.74, 6) is 0. The summed E-state index contributed by atoms with van der Waals surface area (Å²) in [6, 6.07) is 3.73. The second-order valence-corrected chi connectivity index (χ2v) is 3.38. The molecule has 2 heteroatoms. The van der Waals surface area contributed by atoms with Gasteiger partial charge in [-0.3, -0.25) is 0 Å². The predicted molar refractivity (Wildman–Crippen MR) is 54.2 cm³/mol. The summed E-state index contributed by atoms with van der Waals surface area (Å²) in [5, 5.41) is 0.801. The highest BCUT2D eigenvalue weighted by Crippen LogP contribution is 2.24. The average Bonchev–Trinajstić information content (AvgIpc) is 2.12. The van der Waals surface area contributed by atoms with Crippen molar-refractivity contribution < 1.29 is 0 Å². The second kappa shape index (κ2) is 2.99. The van der Waals surface area contributed by atoms with Crippen molar-refractivity contribution in [3.63, 3.8) is 0 Å². The molecule has 0 heterocycles. The number of fused-ring (bicyclic) bond motifs is 1. The summed E-state index contributed by atoms with van der Waals surface area (Å²) in [6.45, 7) is 0. The molecule has 0 fully saturated rings. The van der Waals surface area contributed by atoms with E-state index in [2.05, 4.69) is 12.2 Å². The molecule has 0 spiro atoms. The van der Waals surface area contributed by atoms with Crippen molar-refractivity contribution in [1.82, 2.24) is 0 Å². The van der Waals surface area contributed by atoms with Gasteiger partial charge in [-0.25, -0.2) is 0 Å². The van der Waals surface area contributed by atoms with E-state index in [9.17, 15) is 0 Å². The number of halogens is 1. The molecule has 1 aromatic carbocycles. The third-order valence-electron chi connectivity index (χ3n) is 2.19. The Morgan fingerprint density at radius 2 is 2.17 bits per heavy atom. The molecule has 58 valence electrons. The molecule has 2 radical (unpaired) electrons. The van der Waals surface area contributed by atoms with Gasteiger partial charge in [0, 0.05) is 5.02 Å². The van der Waals surface area contributed by atoms with E-state index in [-0.39, 0.29) is 0 Å². The van der Waals surface area contributed by atoms with Crippen LogP contribution in [0, 0.1) is 0 Å². The Morgan fingerprint density at radius 1 is 1.33 bits per heavy atom. The topological polar surface area (TPSA) is 0 Å². The van der Waals surface area contributed by atoms with E-state index in [1.165, 1.54) is 5.56 Å². The van der Waals surface area contributed by atoms with Crippen molar-refractivity contribution in [2.75, 3.05) is 0 Å². The fourth-order valence-corrected chi connectivity index (χ4v) is 1.78. The van der Waals surface area contributed by atoms with E-state index >= 15 is 0 Å². The zero-order valence-corrected chi connectivity index (χ0v) is 7.43. The second-order valence-electron chi connectivity index (χ2n) is 2.97. The molecule has 1 aromatic rings. The molecule has 0 nitrogen and oxygen atoms in total. The van der Waals surface area contributed by atoms with Crippen molar-refractivity contribution >= 4 is 31.0 Å². The largest absolute Gasteiger partial charge is 0.114 e. The fraction of sp³-hybridized carbons (Fsp3) is 0.200. The summed E-state index contributed by atoms with van der Waals surface area (Å²) < 4.78 is 0. The first-order chi connectivity index (χ1) is 5.79. The minimum atomic E-state index is 0.801. The number of benzene rings is 1. The molecule has 0 aromatic heterocycles. The summed E-state index contributed by atoms with van der Waals surface area (Å²) in [6.07, 6.45) is 6.26. The van der Waals surface area contributed by atoms with Gasteiger partial charge in [0.05, 0.1) is 0 Å². The lowest BCUT2D eigenvalue weighted by atomic mass is 9.83. The first-order valence-corrected chi connectivity index (χ1v) is 4.40. The van der Waals surface area contributed by atoms with Gasteiger partial charge in [0.1, 0.15) is 7.85 Å². The van der Waals surface area contributed by atoms with Gasteiger partial charge in [-0.05, 0) is 30.0 Å². The van der Waals surface area contributed by atoms with Crippen LogP contribution in [-0.4, -0.2) is 7.85 Å². The van der Waals surface area contributed by atoms with E-state index in [0.29, 0.717) is 0 Å². The number of hydrogen-bond donors (Lipinski definition) is 0. The summed E-state index contributed by atoms with van der Waals surface area (Å²) in [4.78, 5) is 0. The van der Waals surface area contributed by atoms with E-state index < -0.39 is 0 Å². The maximum atomic E-state index is 6.01. The summed E-state index contributed by atoms with van der Waals surface area (Å²) in [7, 11) is 5.82. The minimum Gasteiger partial charge on any atom is -0.0928 e. The molecular formula is C10H8BCl. The molecule has 0 aliphatic heterocycles. The van der Waals surface area contributed by atoms with E-state index in [1.807, 2.05) is 12.1 Å². The van der Waals surface area contributed by atoms with Crippen LogP contribution in [0.2, 0.25) is 5.02 Å². The highest BCUT2D eigenvalue weighted by molar-refractivity contribution is 6.36. The zero-order valence-electron chi connectivity index (χ0n) is 6.68. The van der Waals surface area contributed by atoms with Crippen molar-refractivity contribution in [3.8, 4) is 0 Å². The third-order valence-corrected chi connectivity index (χ3v) is 2.52. The molecule has 0 bridgehead atoms. The first kappa shape index (κ1) is 7.94. The Morgan fingerprint density at radius 3 is 2.92 bits per heavy atom. The normalized spacial score (nSPS) is 14.4. The Hall–Kier alpha value is -0.685. The molecule has 1 aliphatic rings. The smallest absolute Gasteiger partial charge is 0.0928 e. The van der Waals surface area contributed by atoms with Gasteiger partial charge >= 0.3 is 0 Å². The van der Waals surface area contributed by atoms with Crippen LogP contribution in [-0.2, 0) is 6.42 Å². The lowest BCUT2D eigenvalue weighted by Crippen LogP contribution is -2.13. The molecular weight excluding hydrogens is 166 g/mol. The minimum absolute atomic E-state index is 0.801. The molecule has 0 amide bonds. The standard InChI is InChI=1S/C10H8BCl/c11-9-5-6-10(12)8-4-2-1-3-7(8)9/h2,4-6H,1,3H2. The van der Waals surface area contributed by atoms with E-state index in [0.717, 1.165) is 28.9 Å². The Balaban J connectivity index is 2.67. The average molecular weight is 174 g/mol. The first-order valence-electron chi connectivity index (χ1n) is 4.02. The molecule has 0 N–H and O–H groups in total. The van der Waals surface area contributed by atoms with E-state index in [4.69, 9.17) is 19.4 Å². The maximum absolute atomic E-state index is 6.01. The monoisotopic (exact) mass is 174 g/mol. The highest BCUT2D eigenvalue weighted by Gasteiger charge is 2.09. The lowest BCUT2D eigenvalue weighted by Gasteiger charge is -2.14. The highest BCUT2D eigenvalue weighted by atomic mass is 35.5. The predicted octanol–water partition coefficient (Wildman–Crippen LogP) is 2.09. The molecule has 0 atom stereocenters. The Kier molecular flexibility index (Phi) is 1.97. The molecule has 1 aliphatic carbocycles. The van der Waals surface area contributed by atoms with Gasteiger partial charge in [-0.1, -0.05) is 35.3 Å². The van der Waals surface area contributed by atoms with Crippen LogP contribution in [0.15, 0.2) is 18.2 Å². The van der Waals surface area contributed by atoms with Crippen molar-refractivity contribution in [1.29, 1.82) is 0 Å². The molecule has 2 rings (SSSR count). The van der Waals surface area contributed by atoms with Crippen molar-refractivity contribution in [2.45, 2.75) is 12.8 Å². The summed E-state index contributed by atoms with van der Waals surface area (Å²) >= 11 is 6.01. The van der Waals surface area contributed by atoms with Gasteiger partial charge in [-0.15, -0.1) is 0 Å². The Labute approximate surface area is 78.7 Å². The summed E-state index contributed by atoms with van der Waals surface area (Å²) in [5.41, 5.74) is 3.16. The van der Waals surface area contributed by atoms with Gasteiger partial charge in [-0.2, -0.15) is 0 Å². The molecule has 12 heavy (non-hydrogen) atoms. The van der Waals surface area contributed by atoms with Gasteiger partial charge in [0.25, 0.3) is 0 Å². The van der Waals surface area contributed by atoms with Crippen LogP contribution in [0.5, 0.6) is 0 Å². The SMILES string of the molecule is [B]c1ccc(Cl)c2c1CCC=C2.